The molecule has 18 heavy (non-hydrogen) atoms. The van der Waals surface area contributed by atoms with E-state index in [2.05, 4.69) is 4.98 Å². The number of halogens is 1. The van der Waals surface area contributed by atoms with Crippen molar-refractivity contribution in [1.82, 2.24) is 4.98 Å². The van der Waals surface area contributed by atoms with Gasteiger partial charge < -0.3 is 4.42 Å². The SMILES string of the molecule is Fc1ccc(-c2ccco2)cc1.c1ccncc1. The number of rotatable bonds is 1. The molecule has 3 heteroatoms. The molecule has 3 rings (SSSR count). The minimum atomic E-state index is -0.231. The van der Waals surface area contributed by atoms with Crippen molar-refractivity contribution in [2.24, 2.45) is 0 Å². The van der Waals surface area contributed by atoms with Gasteiger partial charge in [-0.25, -0.2) is 4.39 Å². The average molecular weight is 241 g/mol. The lowest BCUT2D eigenvalue weighted by Crippen LogP contribution is -1.74. The van der Waals surface area contributed by atoms with Crippen molar-refractivity contribution in [3.05, 3.63) is 79.1 Å². The second-order valence-corrected chi connectivity index (χ2v) is 3.51. The van der Waals surface area contributed by atoms with Crippen LogP contribution in [0.4, 0.5) is 4.39 Å². The maximum Gasteiger partial charge on any atom is 0.133 e. The van der Waals surface area contributed by atoms with E-state index >= 15 is 0 Å². The summed E-state index contributed by atoms with van der Waals surface area (Å²) in [6, 6.07) is 15.6. The van der Waals surface area contributed by atoms with Gasteiger partial charge in [0.25, 0.3) is 0 Å². The molecule has 2 nitrogen and oxygen atoms in total. The lowest BCUT2D eigenvalue weighted by atomic mass is 10.2. The summed E-state index contributed by atoms with van der Waals surface area (Å²) in [5, 5.41) is 0. The first-order chi connectivity index (χ1) is 8.86. The van der Waals surface area contributed by atoms with Gasteiger partial charge in [-0.1, -0.05) is 6.07 Å². The van der Waals surface area contributed by atoms with Crippen LogP contribution in [-0.4, -0.2) is 4.98 Å². The first kappa shape index (κ1) is 12.0. The van der Waals surface area contributed by atoms with Gasteiger partial charge in [0.05, 0.1) is 6.26 Å². The molecule has 0 aliphatic carbocycles. The molecule has 3 aromatic rings. The Morgan fingerprint density at radius 2 is 1.56 bits per heavy atom. The Labute approximate surface area is 105 Å². The maximum atomic E-state index is 12.5. The van der Waals surface area contributed by atoms with Gasteiger partial charge >= 0.3 is 0 Å². The molecule has 0 bridgehead atoms. The zero-order valence-corrected chi connectivity index (χ0v) is 9.66. The number of furan rings is 1. The molecular weight excluding hydrogens is 229 g/mol. The molecule has 0 radical (unpaired) electrons. The molecule has 0 spiro atoms. The Morgan fingerprint density at radius 3 is 2.00 bits per heavy atom. The summed E-state index contributed by atoms with van der Waals surface area (Å²) >= 11 is 0. The smallest absolute Gasteiger partial charge is 0.133 e. The van der Waals surface area contributed by atoms with Crippen molar-refractivity contribution >= 4 is 0 Å². The minimum absolute atomic E-state index is 0.231. The fourth-order valence-corrected chi connectivity index (χ4v) is 1.37. The van der Waals surface area contributed by atoms with Crippen LogP contribution in [0.1, 0.15) is 0 Å². The fraction of sp³-hybridized carbons (Fsp3) is 0. The second kappa shape index (κ2) is 6.35. The Kier molecular flexibility index (Phi) is 4.25. The van der Waals surface area contributed by atoms with Crippen molar-refractivity contribution < 1.29 is 8.81 Å². The number of aromatic nitrogens is 1. The average Bonchev–Trinajstić information content (AvgIpc) is 2.96. The first-order valence-electron chi connectivity index (χ1n) is 5.51. The molecule has 0 saturated heterocycles. The number of nitrogens with zero attached hydrogens (tertiary/aromatic N) is 1. The largest absolute Gasteiger partial charge is 0.464 e. The lowest BCUT2D eigenvalue weighted by Gasteiger charge is -1.94. The van der Waals surface area contributed by atoms with Crippen LogP contribution in [0.2, 0.25) is 0 Å². The molecule has 0 aliphatic rings. The lowest BCUT2D eigenvalue weighted by molar-refractivity contribution is 0.581. The van der Waals surface area contributed by atoms with Crippen molar-refractivity contribution in [2.45, 2.75) is 0 Å². The summed E-state index contributed by atoms with van der Waals surface area (Å²) in [5.41, 5.74) is 0.890. The summed E-state index contributed by atoms with van der Waals surface area (Å²) in [6.07, 6.45) is 5.10. The van der Waals surface area contributed by atoms with E-state index < -0.39 is 0 Å². The maximum absolute atomic E-state index is 12.5. The molecule has 0 fully saturated rings. The standard InChI is InChI=1S/C10H7FO.C5H5N/c11-9-5-3-8(4-6-9)10-2-1-7-12-10;1-2-4-6-5-3-1/h1-7H;1-5H. The summed E-state index contributed by atoms with van der Waals surface area (Å²) in [7, 11) is 0. The Bertz CT molecular complexity index is 520. The van der Waals surface area contributed by atoms with E-state index in [9.17, 15) is 4.39 Å². The van der Waals surface area contributed by atoms with E-state index in [1.807, 2.05) is 24.3 Å². The Hall–Kier alpha value is -2.42. The zero-order valence-electron chi connectivity index (χ0n) is 9.66. The monoisotopic (exact) mass is 241 g/mol. The fourth-order valence-electron chi connectivity index (χ4n) is 1.37. The first-order valence-corrected chi connectivity index (χ1v) is 5.51. The Balaban J connectivity index is 0.000000169. The molecule has 90 valence electrons. The van der Waals surface area contributed by atoms with Crippen LogP contribution >= 0.6 is 0 Å². The predicted octanol–water partition coefficient (Wildman–Crippen LogP) is 4.17. The van der Waals surface area contributed by atoms with E-state index in [-0.39, 0.29) is 5.82 Å². The van der Waals surface area contributed by atoms with Gasteiger partial charge in [0.15, 0.2) is 0 Å². The van der Waals surface area contributed by atoms with Crippen LogP contribution in [0.3, 0.4) is 0 Å². The predicted molar refractivity (Wildman–Crippen MR) is 68.3 cm³/mol. The summed E-state index contributed by atoms with van der Waals surface area (Å²) in [4.78, 5) is 3.78. The minimum Gasteiger partial charge on any atom is -0.464 e. The van der Waals surface area contributed by atoms with Crippen LogP contribution in [0.15, 0.2) is 77.7 Å². The zero-order chi connectivity index (χ0) is 12.6. The number of benzene rings is 1. The number of hydrogen-bond donors (Lipinski definition) is 0. The highest BCUT2D eigenvalue weighted by atomic mass is 19.1. The molecule has 2 aromatic heterocycles. The summed E-state index contributed by atoms with van der Waals surface area (Å²) in [6.45, 7) is 0. The van der Waals surface area contributed by atoms with Gasteiger partial charge in [0, 0.05) is 18.0 Å². The summed E-state index contributed by atoms with van der Waals surface area (Å²) < 4.78 is 17.6. The van der Waals surface area contributed by atoms with Crippen molar-refractivity contribution in [3.63, 3.8) is 0 Å². The van der Waals surface area contributed by atoms with Crippen LogP contribution in [0, 0.1) is 5.82 Å². The second-order valence-electron chi connectivity index (χ2n) is 3.51. The Morgan fingerprint density at radius 1 is 0.833 bits per heavy atom. The van der Waals surface area contributed by atoms with Crippen LogP contribution < -0.4 is 0 Å². The van der Waals surface area contributed by atoms with Gasteiger partial charge in [0.2, 0.25) is 0 Å². The van der Waals surface area contributed by atoms with E-state index in [4.69, 9.17) is 4.42 Å². The molecule has 0 saturated carbocycles. The highest BCUT2D eigenvalue weighted by Crippen LogP contribution is 2.19. The third-order valence-electron chi connectivity index (χ3n) is 2.22. The number of hydrogen-bond acceptors (Lipinski definition) is 2. The van der Waals surface area contributed by atoms with Crippen LogP contribution in [0.25, 0.3) is 11.3 Å². The van der Waals surface area contributed by atoms with Gasteiger partial charge in [-0.3, -0.25) is 4.98 Å². The normalized spacial score (nSPS) is 9.39. The topological polar surface area (TPSA) is 26.0 Å². The molecular formula is C15H12FNO. The van der Waals surface area contributed by atoms with Gasteiger partial charge in [-0.2, -0.15) is 0 Å². The van der Waals surface area contributed by atoms with Gasteiger partial charge in [-0.15, -0.1) is 0 Å². The van der Waals surface area contributed by atoms with E-state index in [0.29, 0.717) is 0 Å². The number of pyridine rings is 1. The van der Waals surface area contributed by atoms with Crippen molar-refractivity contribution in [3.8, 4) is 11.3 Å². The van der Waals surface area contributed by atoms with Crippen LogP contribution in [0.5, 0.6) is 0 Å². The summed E-state index contributed by atoms with van der Waals surface area (Å²) in [5.74, 6) is 0.528. The van der Waals surface area contributed by atoms with Crippen molar-refractivity contribution in [2.75, 3.05) is 0 Å². The molecule has 0 amide bonds. The van der Waals surface area contributed by atoms with Crippen molar-refractivity contribution in [1.29, 1.82) is 0 Å². The third-order valence-corrected chi connectivity index (χ3v) is 2.22. The quantitative estimate of drug-likeness (QED) is 0.639. The molecule has 2 heterocycles. The molecule has 0 unspecified atom stereocenters. The molecule has 1 aromatic carbocycles. The van der Waals surface area contributed by atoms with E-state index in [0.717, 1.165) is 11.3 Å². The van der Waals surface area contributed by atoms with Gasteiger partial charge in [0.1, 0.15) is 11.6 Å². The van der Waals surface area contributed by atoms with E-state index in [1.165, 1.54) is 12.1 Å². The molecule has 0 N–H and O–H groups in total. The highest BCUT2D eigenvalue weighted by Gasteiger charge is 1.98. The molecule has 0 aliphatic heterocycles. The highest BCUT2D eigenvalue weighted by molar-refractivity contribution is 5.56. The molecule has 0 atom stereocenters. The third kappa shape index (κ3) is 3.56. The van der Waals surface area contributed by atoms with Gasteiger partial charge in [-0.05, 0) is 48.5 Å². The van der Waals surface area contributed by atoms with Crippen LogP contribution in [-0.2, 0) is 0 Å². The van der Waals surface area contributed by atoms with E-state index in [1.54, 1.807) is 36.9 Å².